The molecule has 4 nitrogen and oxygen atoms in total. The first-order chi connectivity index (χ1) is 7.18. The fraction of sp³-hybridized carbons (Fsp3) is 0.273. The summed E-state index contributed by atoms with van der Waals surface area (Å²) in [6.45, 7) is 0.746. The lowest BCUT2D eigenvalue weighted by molar-refractivity contribution is -0.111. The molecule has 0 aliphatic carbocycles. The Morgan fingerprint density at radius 3 is 2.93 bits per heavy atom. The van der Waals surface area contributed by atoms with Gasteiger partial charge in [-0.15, -0.1) is 0 Å². The molecule has 1 heterocycles. The molecule has 0 radical (unpaired) electrons. The van der Waals surface area contributed by atoms with E-state index in [1.165, 1.54) is 6.08 Å². The molecule has 0 unspecified atom stereocenters. The van der Waals surface area contributed by atoms with Gasteiger partial charge in [-0.3, -0.25) is 4.79 Å². The fourth-order valence-corrected chi connectivity index (χ4v) is 0.975. The van der Waals surface area contributed by atoms with Crippen molar-refractivity contribution in [2.24, 2.45) is 0 Å². The van der Waals surface area contributed by atoms with Gasteiger partial charge in [-0.25, -0.2) is 4.98 Å². The van der Waals surface area contributed by atoms with E-state index in [2.05, 4.69) is 10.3 Å². The van der Waals surface area contributed by atoms with Crippen LogP contribution in [0.4, 0.5) is 5.82 Å². The first-order valence-corrected chi connectivity index (χ1v) is 4.72. The highest BCUT2D eigenvalue weighted by Crippen LogP contribution is 1.99. The Hall–Kier alpha value is -1.68. The van der Waals surface area contributed by atoms with Gasteiger partial charge in [-0.05, 0) is 26.2 Å². The number of anilines is 1. The number of aromatic nitrogens is 1. The number of nitrogens with zero attached hydrogens (tertiary/aromatic N) is 2. The van der Waals surface area contributed by atoms with Crippen LogP contribution in [-0.4, -0.2) is 36.4 Å². The molecule has 0 atom stereocenters. The summed E-state index contributed by atoms with van der Waals surface area (Å²) in [4.78, 5) is 17.3. The summed E-state index contributed by atoms with van der Waals surface area (Å²) in [6, 6.07) is 5.38. The molecule has 1 amide bonds. The van der Waals surface area contributed by atoms with Gasteiger partial charge in [-0.1, -0.05) is 12.1 Å². The van der Waals surface area contributed by atoms with Crippen molar-refractivity contribution in [3.8, 4) is 0 Å². The SMILES string of the molecule is CN(C)C/C=C/C(=O)Nc1ccccn1. The maximum absolute atomic E-state index is 11.3. The van der Waals surface area contributed by atoms with Gasteiger partial charge in [0.1, 0.15) is 5.82 Å². The van der Waals surface area contributed by atoms with Crippen molar-refractivity contribution in [3.63, 3.8) is 0 Å². The standard InChI is InChI=1S/C11H15N3O/c1-14(2)9-5-7-11(15)13-10-6-3-4-8-12-10/h3-8H,9H2,1-2H3,(H,12,13,15)/b7-5+. The van der Waals surface area contributed by atoms with Crippen LogP contribution in [0.25, 0.3) is 0 Å². The van der Waals surface area contributed by atoms with Crippen LogP contribution in [0.2, 0.25) is 0 Å². The van der Waals surface area contributed by atoms with Crippen molar-refractivity contribution in [2.45, 2.75) is 0 Å². The van der Waals surface area contributed by atoms with Crippen LogP contribution >= 0.6 is 0 Å². The molecule has 0 aliphatic rings. The summed E-state index contributed by atoms with van der Waals surface area (Å²) in [6.07, 6.45) is 4.95. The van der Waals surface area contributed by atoms with E-state index in [9.17, 15) is 4.79 Å². The van der Waals surface area contributed by atoms with Gasteiger partial charge in [0.15, 0.2) is 0 Å². The van der Waals surface area contributed by atoms with Gasteiger partial charge in [0, 0.05) is 18.8 Å². The van der Waals surface area contributed by atoms with Crippen molar-refractivity contribution >= 4 is 11.7 Å². The van der Waals surface area contributed by atoms with Crippen molar-refractivity contribution in [2.75, 3.05) is 26.0 Å². The van der Waals surface area contributed by atoms with Crippen molar-refractivity contribution in [1.29, 1.82) is 0 Å². The van der Waals surface area contributed by atoms with Crippen molar-refractivity contribution in [3.05, 3.63) is 36.5 Å². The second-order valence-corrected chi connectivity index (χ2v) is 3.37. The zero-order valence-corrected chi connectivity index (χ0v) is 8.97. The van der Waals surface area contributed by atoms with Gasteiger partial charge in [0.2, 0.25) is 5.91 Å². The number of rotatable bonds is 4. The average molecular weight is 205 g/mol. The van der Waals surface area contributed by atoms with Gasteiger partial charge >= 0.3 is 0 Å². The molecule has 0 saturated heterocycles. The average Bonchev–Trinajstić information content (AvgIpc) is 2.18. The minimum Gasteiger partial charge on any atom is -0.307 e. The van der Waals surface area contributed by atoms with Crippen LogP contribution in [0.15, 0.2) is 36.5 Å². The highest BCUT2D eigenvalue weighted by atomic mass is 16.1. The first-order valence-electron chi connectivity index (χ1n) is 4.72. The van der Waals surface area contributed by atoms with Gasteiger partial charge in [0.05, 0.1) is 0 Å². The Kier molecular flexibility index (Phi) is 4.50. The van der Waals surface area contributed by atoms with E-state index in [1.54, 1.807) is 24.4 Å². The van der Waals surface area contributed by atoms with Crippen LogP contribution in [0.1, 0.15) is 0 Å². The molecular formula is C11H15N3O. The summed E-state index contributed by atoms with van der Waals surface area (Å²) < 4.78 is 0. The Bertz CT molecular complexity index is 333. The maximum Gasteiger partial charge on any atom is 0.249 e. The number of pyridine rings is 1. The topological polar surface area (TPSA) is 45.2 Å². The number of nitrogens with one attached hydrogen (secondary N) is 1. The minimum absolute atomic E-state index is 0.157. The number of amides is 1. The van der Waals surface area contributed by atoms with E-state index in [-0.39, 0.29) is 5.91 Å². The third kappa shape index (κ3) is 4.93. The van der Waals surface area contributed by atoms with Gasteiger partial charge in [-0.2, -0.15) is 0 Å². The van der Waals surface area contributed by atoms with E-state index >= 15 is 0 Å². The summed E-state index contributed by atoms with van der Waals surface area (Å²) in [5.74, 6) is 0.410. The Labute approximate surface area is 89.6 Å². The number of carbonyl (C=O) groups excluding carboxylic acids is 1. The summed E-state index contributed by atoms with van der Waals surface area (Å²) in [5, 5.41) is 2.66. The predicted molar refractivity (Wildman–Crippen MR) is 60.6 cm³/mol. The Balaban J connectivity index is 2.40. The molecule has 1 N–H and O–H groups in total. The molecule has 0 saturated carbocycles. The van der Waals surface area contributed by atoms with Crippen molar-refractivity contribution in [1.82, 2.24) is 9.88 Å². The molecule has 1 aromatic rings. The summed E-state index contributed by atoms with van der Waals surface area (Å²) in [5.41, 5.74) is 0. The number of hydrogen-bond donors (Lipinski definition) is 1. The molecule has 1 rings (SSSR count). The number of likely N-dealkylation sites (N-methyl/N-ethyl adjacent to an activating group) is 1. The lowest BCUT2D eigenvalue weighted by atomic mass is 10.4. The Morgan fingerprint density at radius 2 is 2.33 bits per heavy atom. The van der Waals surface area contributed by atoms with E-state index in [0.717, 1.165) is 6.54 Å². The maximum atomic E-state index is 11.3. The summed E-state index contributed by atoms with van der Waals surface area (Å²) in [7, 11) is 3.89. The molecular weight excluding hydrogens is 190 g/mol. The Morgan fingerprint density at radius 1 is 1.53 bits per heavy atom. The molecule has 4 heteroatoms. The van der Waals surface area contributed by atoms with Crippen molar-refractivity contribution < 1.29 is 4.79 Å². The zero-order valence-electron chi connectivity index (χ0n) is 8.97. The van der Waals surface area contributed by atoms with Crippen LogP contribution < -0.4 is 5.32 Å². The number of carbonyl (C=O) groups is 1. The highest BCUT2D eigenvalue weighted by Gasteiger charge is 1.96. The molecule has 0 bridgehead atoms. The van der Waals surface area contributed by atoms with Crippen LogP contribution in [0, 0.1) is 0 Å². The van der Waals surface area contributed by atoms with Crippen LogP contribution in [-0.2, 0) is 4.79 Å². The highest BCUT2D eigenvalue weighted by molar-refractivity contribution is 5.98. The molecule has 0 fully saturated rings. The number of hydrogen-bond acceptors (Lipinski definition) is 3. The zero-order chi connectivity index (χ0) is 11.1. The van der Waals surface area contributed by atoms with E-state index < -0.39 is 0 Å². The monoisotopic (exact) mass is 205 g/mol. The fourth-order valence-electron chi connectivity index (χ4n) is 0.975. The predicted octanol–water partition coefficient (Wildman–Crippen LogP) is 1.14. The molecule has 0 spiro atoms. The molecule has 80 valence electrons. The van der Waals surface area contributed by atoms with E-state index in [1.807, 2.05) is 25.1 Å². The van der Waals surface area contributed by atoms with Crippen LogP contribution in [0.3, 0.4) is 0 Å². The summed E-state index contributed by atoms with van der Waals surface area (Å²) >= 11 is 0. The van der Waals surface area contributed by atoms with E-state index in [0.29, 0.717) is 5.82 Å². The smallest absolute Gasteiger partial charge is 0.249 e. The molecule has 15 heavy (non-hydrogen) atoms. The molecule has 0 aromatic carbocycles. The molecule has 0 aliphatic heterocycles. The third-order valence-corrected chi connectivity index (χ3v) is 1.66. The van der Waals surface area contributed by atoms with Gasteiger partial charge in [0.25, 0.3) is 0 Å². The minimum atomic E-state index is -0.157. The molecule has 1 aromatic heterocycles. The quantitative estimate of drug-likeness (QED) is 0.750. The lowest BCUT2D eigenvalue weighted by Gasteiger charge is -2.03. The lowest BCUT2D eigenvalue weighted by Crippen LogP contribution is -2.13. The largest absolute Gasteiger partial charge is 0.307 e. The normalized spacial score (nSPS) is 10.9. The van der Waals surface area contributed by atoms with Gasteiger partial charge < -0.3 is 10.2 Å². The first kappa shape index (κ1) is 11.4. The second-order valence-electron chi connectivity index (χ2n) is 3.37. The van der Waals surface area contributed by atoms with Crippen LogP contribution in [0.5, 0.6) is 0 Å². The second kappa shape index (κ2) is 5.93. The third-order valence-electron chi connectivity index (χ3n) is 1.66. The van der Waals surface area contributed by atoms with E-state index in [4.69, 9.17) is 0 Å².